The third kappa shape index (κ3) is 7.28. The van der Waals surface area contributed by atoms with Gasteiger partial charge in [-0.05, 0) is 44.5 Å². The SMILES string of the molecule is CC(C)(C)OC(=O)Nc1ccc(Cl)c(COS(N)(=O)=O)c1. The van der Waals surface area contributed by atoms with Crippen molar-refractivity contribution in [1.29, 1.82) is 0 Å². The minimum atomic E-state index is -4.07. The molecule has 0 aromatic heterocycles. The molecule has 7 nitrogen and oxygen atoms in total. The molecule has 118 valence electrons. The van der Waals surface area contributed by atoms with Crippen molar-refractivity contribution in [3.8, 4) is 0 Å². The number of halogens is 1. The molecule has 21 heavy (non-hydrogen) atoms. The number of rotatable bonds is 4. The zero-order valence-electron chi connectivity index (χ0n) is 11.8. The molecule has 0 aliphatic rings. The van der Waals surface area contributed by atoms with E-state index in [4.69, 9.17) is 21.5 Å². The van der Waals surface area contributed by atoms with Crippen molar-refractivity contribution in [1.82, 2.24) is 0 Å². The summed E-state index contributed by atoms with van der Waals surface area (Å²) in [5.41, 5.74) is 0.122. The molecule has 1 aromatic rings. The molecule has 1 rings (SSSR count). The van der Waals surface area contributed by atoms with Crippen LogP contribution in [0.4, 0.5) is 10.5 Å². The lowest BCUT2D eigenvalue weighted by atomic mass is 10.2. The van der Waals surface area contributed by atoms with Gasteiger partial charge in [0, 0.05) is 10.7 Å². The largest absolute Gasteiger partial charge is 0.444 e. The Bertz CT molecular complexity index is 625. The van der Waals surface area contributed by atoms with Gasteiger partial charge in [-0.3, -0.25) is 9.50 Å². The molecule has 0 spiro atoms. The summed E-state index contributed by atoms with van der Waals surface area (Å²) in [5.74, 6) is 0. The Kier molecular flexibility index (Phi) is 5.57. The second-order valence-electron chi connectivity index (χ2n) is 5.19. The first-order valence-electron chi connectivity index (χ1n) is 5.92. The summed E-state index contributed by atoms with van der Waals surface area (Å²) in [6, 6.07) is 4.51. The van der Waals surface area contributed by atoms with Crippen LogP contribution in [0.15, 0.2) is 18.2 Å². The van der Waals surface area contributed by atoms with E-state index in [2.05, 4.69) is 9.50 Å². The molecule has 0 bridgehead atoms. The normalized spacial score (nSPS) is 12.0. The number of carbonyl (C=O) groups excluding carboxylic acids is 1. The number of nitrogens with two attached hydrogens (primary N) is 1. The molecule has 1 aromatic carbocycles. The van der Waals surface area contributed by atoms with Gasteiger partial charge in [-0.15, -0.1) is 0 Å². The Morgan fingerprint density at radius 3 is 2.52 bits per heavy atom. The third-order valence-electron chi connectivity index (χ3n) is 2.07. The first kappa shape index (κ1) is 17.7. The summed E-state index contributed by atoms with van der Waals surface area (Å²) in [7, 11) is -4.07. The minimum absolute atomic E-state index is 0.286. The molecule has 0 saturated carbocycles. The zero-order chi connectivity index (χ0) is 16.3. The predicted octanol–water partition coefficient (Wildman–Crippen LogP) is 2.41. The van der Waals surface area contributed by atoms with Gasteiger partial charge in [-0.25, -0.2) is 9.93 Å². The van der Waals surface area contributed by atoms with Gasteiger partial charge >= 0.3 is 16.4 Å². The molecule has 0 saturated heterocycles. The Morgan fingerprint density at radius 2 is 2.00 bits per heavy atom. The van der Waals surface area contributed by atoms with Crippen LogP contribution in [-0.4, -0.2) is 20.1 Å². The van der Waals surface area contributed by atoms with Gasteiger partial charge in [0.05, 0.1) is 6.61 Å². The van der Waals surface area contributed by atoms with E-state index in [-0.39, 0.29) is 11.6 Å². The highest BCUT2D eigenvalue weighted by Gasteiger charge is 2.16. The summed E-state index contributed by atoms with van der Waals surface area (Å²) < 4.78 is 31.1. The van der Waals surface area contributed by atoms with E-state index >= 15 is 0 Å². The van der Waals surface area contributed by atoms with Crippen LogP contribution in [0.1, 0.15) is 26.3 Å². The number of hydrogen-bond acceptors (Lipinski definition) is 5. The molecule has 0 aliphatic heterocycles. The lowest BCUT2D eigenvalue weighted by molar-refractivity contribution is 0.0636. The van der Waals surface area contributed by atoms with E-state index in [9.17, 15) is 13.2 Å². The Hall–Kier alpha value is -1.35. The average Bonchev–Trinajstić information content (AvgIpc) is 2.26. The van der Waals surface area contributed by atoms with Crippen LogP contribution < -0.4 is 10.5 Å². The molecule has 3 N–H and O–H groups in total. The number of ether oxygens (including phenoxy) is 1. The van der Waals surface area contributed by atoms with Crippen molar-refractivity contribution in [3.63, 3.8) is 0 Å². The van der Waals surface area contributed by atoms with Crippen molar-refractivity contribution in [2.24, 2.45) is 5.14 Å². The van der Waals surface area contributed by atoms with Crippen LogP contribution in [0.5, 0.6) is 0 Å². The van der Waals surface area contributed by atoms with E-state index in [1.165, 1.54) is 12.1 Å². The van der Waals surface area contributed by atoms with Crippen molar-refractivity contribution in [2.45, 2.75) is 33.0 Å². The topological polar surface area (TPSA) is 108 Å². The summed E-state index contributed by atoms with van der Waals surface area (Å²) in [4.78, 5) is 11.6. The van der Waals surface area contributed by atoms with E-state index in [0.29, 0.717) is 11.3 Å². The van der Waals surface area contributed by atoms with Crippen molar-refractivity contribution >= 4 is 33.7 Å². The monoisotopic (exact) mass is 336 g/mol. The van der Waals surface area contributed by atoms with Crippen molar-refractivity contribution in [3.05, 3.63) is 28.8 Å². The maximum atomic E-state index is 11.6. The lowest BCUT2D eigenvalue weighted by Gasteiger charge is -2.19. The molecule has 0 aliphatic carbocycles. The van der Waals surface area contributed by atoms with Crippen molar-refractivity contribution < 1.29 is 22.1 Å². The number of benzene rings is 1. The van der Waals surface area contributed by atoms with Crippen molar-refractivity contribution in [2.75, 3.05) is 5.32 Å². The average molecular weight is 337 g/mol. The van der Waals surface area contributed by atoms with Crippen LogP contribution >= 0.6 is 11.6 Å². The first-order chi connectivity index (χ1) is 9.46. The fourth-order valence-electron chi connectivity index (χ4n) is 1.33. The van der Waals surface area contributed by atoms with Crippen LogP contribution in [0.3, 0.4) is 0 Å². The van der Waals surface area contributed by atoms with Crippen LogP contribution in [0, 0.1) is 0 Å². The molecule has 1 amide bonds. The first-order valence-corrected chi connectivity index (χ1v) is 7.77. The molecular formula is C12H17ClN2O5S. The van der Waals surface area contributed by atoms with Gasteiger partial charge in [0.15, 0.2) is 0 Å². The quantitative estimate of drug-likeness (QED) is 0.877. The van der Waals surface area contributed by atoms with Gasteiger partial charge in [0.25, 0.3) is 0 Å². The van der Waals surface area contributed by atoms with E-state index in [1.54, 1.807) is 26.8 Å². The molecule has 0 radical (unpaired) electrons. The smallest absolute Gasteiger partial charge is 0.412 e. The molecule has 0 atom stereocenters. The molecule has 0 unspecified atom stereocenters. The maximum absolute atomic E-state index is 11.6. The summed E-state index contributed by atoms with van der Waals surface area (Å²) in [5, 5.41) is 7.53. The highest BCUT2D eigenvalue weighted by Crippen LogP contribution is 2.22. The zero-order valence-corrected chi connectivity index (χ0v) is 13.4. The van der Waals surface area contributed by atoms with E-state index in [1.807, 2.05) is 0 Å². The Labute approximate surface area is 128 Å². The number of amides is 1. The van der Waals surface area contributed by atoms with Gasteiger partial charge in [-0.2, -0.15) is 8.42 Å². The van der Waals surface area contributed by atoms with Crippen LogP contribution in [0.25, 0.3) is 0 Å². The minimum Gasteiger partial charge on any atom is -0.444 e. The summed E-state index contributed by atoms with van der Waals surface area (Å²) in [6.45, 7) is 4.88. The number of carbonyl (C=O) groups is 1. The van der Waals surface area contributed by atoms with Gasteiger partial charge in [0.1, 0.15) is 5.60 Å². The second-order valence-corrected chi connectivity index (χ2v) is 6.82. The van der Waals surface area contributed by atoms with E-state index < -0.39 is 22.0 Å². The van der Waals surface area contributed by atoms with E-state index in [0.717, 1.165) is 0 Å². The third-order valence-corrected chi connectivity index (χ3v) is 2.88. The molecule has 0 heterocycles. The fourth-order valence-corrected chi connectivity index (χ4v) is 1.79. The predicted molar refractivity (Wildman–Crippen MR) is 79.2 cm³/mol. The Balaban J connectivity index is 2.79. The molecular weight excluding hydrogens is 320 g/mol. The summed E-state index contributed by atoms with van der Waals surface area (Å²) in [6.07, 6.45) is -0.636. The van der Waals surface area contributed by atoms with Crippen LogP contribution in [-0.2, 0) is 25.8 Å². The van der Waals surface area contributed by atoms with Gasteiger partial charge in [-0.1, -0.05) is 11.6 Å². The maximum Gasteiger partial charge on any atom is 0.412 e. The Morgan fingerprint density at radius 1 is 1.38 bits per heavy atom. The fraction of sp³-hybridized carbons (Fsp3) is 0.417. The highest BCUT2D eigenvalue weighted by molar-refractivity contribution is 7.84. The lowest BCUT2D eigenvalue weighted by Crippen LogP contribution is -2.27. The standard InChI is InChI=1S/C12H17ClN2O5S/c1-12(2,3)20-11(16)15-9-4-5-10(13)8(6-9)7-19-21(14,17)18/h4-6H,7H2,1-3H3,(H,15,16)(H2,14,17,18). The molecule has 9 heteroatoms. The van der Waals surface area contributed by atoms with Crippen LogP contribution in [0.2, 0.25) is 5.02 Å². The number of hydrogen-bond donors (Lipinski definition) is 2. The highest BCUT2D eigenvalue weighted by atomic mass is 35.5. The summed E-state index contributed by atoms with van der Waals surface area (Å²) >= 11 is 5.91. The molecule has 0 fully saturated rings. The number of anilines is 1. The van der Waals surface area contributed by atoms with Gasteiger partial charge < -0.3 is 4.74 Å². The second kappa shape index (κ2) is 6.61. The number of nitrogens with one attached hydrogen (secondary N) is 1. The van der Waals surface area contributed by atoms with Gasteiger partial charge in [0.2, 0.25) is 0 Å².